The van der Waals surface area contributed by atoms with Gasteiger partial charge in [-0.05, 0) is 13.0 Å². The first-order chi connectivity index (χ1) is 11.7. The van der Waals surface area contributed by atoms with Crippen molar-refractivity contribution in [3.05, 3.63) is 63.9 Å². The number of carbonyl (C=O) groups excluding carboxylic acids is 1. The highest BCUT2D eigenvalue weighted by Crippen LogP contribution is 2.27. The molecule has 2 rings (SSSR count). The van der Waals surface area contributed by atoms with Gasteiger partial charge >= 0.3 is 0 Å². The van der Waals surface area contributed by atoms with Crippen LogP contribution in [-0.4, -0.2) is 12.5 Å². The standard InChI is InChI=1S/C16H12ClF5N2O/c1-7(8-4-2-3-5-9(8)17)23-6-10(25)24-16-14(21)12(19)11(18)13(20)15(16)22/h2-5,7,23H,6H2,1H3,(H,24,25)/p+1/t7-/m1/s1. The Morgan fingerprint density at radius 2 is 1.56 bits per heavy atom. The van der Waals surface area contributed by atoms with Gasteiger partial charge in [-0.25, -0.2) is 22.0 Å². The van der Waals surface area contributed by atoms with Crippen molar-refractivity contribution in [2.24, 2.45) is 0 Å². The van der Waals surface area contributed by atoms with Crippen LogP contribution in [-0.2, 0) is 4.79 Å². The lowest BCUT2D eigenvalue weighted by atomic mass is 10.1. The Morgan fingerprint density at radius 1 is 1.04 bits per heavy atom. The Balaban J connectivity index is 2.08. The molecule has 9 heteroatoms. The van der Waals surface area contributed by atoms with Gasteiger partial charge in [-0.2, -0.15) is 0 Å². The first-order valence-corrected chi connectivity index (χ1v) is 7.50. The van der Waals surface area contributed by atoms with Gasteiger partial charge in [0.05, 0.1) is 0 Å². The summed E-state index contributed by atoms with van der Waals surface area (Å²) < 4.78 is 66.2. The third-order valence-corrected chi connectivity index (χ3v) is 3.87. The molecule has 2 aromatic carbocycles. The van der Waals surface area contributed by atoms with Crippen molar-refractivity contribution < 1.29 is 32.1 Å². The Kier molecular flexibility index (Phi) is 5.97. The minimum Gasteiger partial charge on any atom is -0.332 e. The zero-order valence-corrected chi connectivity index (χ0v) is 13.6. The lowest BCUT2D eigenvalue weighted by Gasteiger charge is -2.13. The van der Waals surface area contributed by atoms with E-state index in [2.05, 4.69) is 0 Å². The molecule has 0 heterocycles. The van der Waals surface area contributed by atoms with Crippen molar-refractivity contribution in [3.63, 3.8) is 0 Å². The summed E-state index contributed by atoms with van der Waals surface area (Å²) in [4.78, 5) is 11.8. The molecule has 3 nitrogen and oxygen atoms in total. The third-order valence-electron chi connectivity index (χ3n) is 3.53. The molecule has 0 aliphatic carbocycles. The molecule has 0 aliphatic rings. The molecule has 0 fully saturated rings. The minimum atomic E-state index is -2.29. The smallest absolute Gasteiger partial charge is 0.279 e. The van der Waals surface area contributed by atoms with Gasteiger partial charge in [-0.15, -0.1) is 0 Å². The largest absolute Gasteiger partial charge is 0.332 e. The second-order valence-electron chi connectivity index (χ2n) is 5.24. The van der Waals surface area contributed by atoms with Crippen molar-refractivity contribution in [1.82, 2.24) is 0 Å². The van der Waals surface area contributed by atoms with Crippen molar-refractivity contribution in [1.29, 1.82) is 0 Å². The topological polar surface area (TPSA) is 45.7 Å². The number of benzene rings is 2. The Morgan fingerprint density at radius 3 is 2.12 bits per heavy atom. The average Bonchev–Trinajstić information content (AvgIpc) is 2.60. The fraction of sp³-hybridized carbons (Fsp3) is 0.188. The number of hydrogen-bond donors (Lipinski definition) is 2. The predicted octanol–water partition coefficient (Wildman–Crippen LogP) is 3.30. The second-order valence-corrected chi connectivity index (χ2v) is 5.65. The van der Waals surface area contributed by atoms with E-state index in [1.165, 1.54) is 5.32 Å². The molecule has 0 aromatic heterocycles. The van der Waals surface area contributed by atoms with Crippen LogP contribution >= 0.6 is 11.6 Å². The fourth-order valence-electron chi connectivity index (χ4n) is 2.16. The van der Waals surface area contributed by atoms with Crippen LogP contribution in [0.3, 0.4) is 0 Å². The van der Waals surface area contributed by atoms with Gasteiger partial charge < -0.3 is 10.6 Å². The molecule has 0 bridgehead atoms. The predicted molar refractivity (Wildman–Crippen MR) is 81.5 cm³/mol. The monoisotopic (exact) mass is 379 g/mol. The number of nitrogens with one attached hydrogen (secondary N) is 1. The maximum atomic E-state index is 13.5. The summed E-state index contributed by atoms with van der Waals surface area (Å²) >= 11 is 6.02. The highest BCUT2D eigenvalue weighted by atomic mass is 35.5. The van der Waals surface area contributed by atoms with Crippen molar-refractivity contribution in [2.45, 2.75) is 13.0 Å². The molecule has 25 heavy (non-hydrogen) atoms. The summed E-state index contributed by atoms with van der Waals surface area (Å²) in [6, 6.07) is 6.62. The number of anilines is 1. The normalized spacial score (nSPS) is 12.1. The minimum absolute atomic E-state index is 0.268. The number of quaternary nitrogens is 1. The molecule has 0 radical (unpaired) electrons. The van der Waals surface area contributed by atoms with E-state index in [1.807, 2.05) is 0 Å². The van der Waals surface area contributed by atoms with E-state index in [1.54, 1.807) is 36.5 Å². The van der Waals surface area contributed by atoms with Crippen LogP contribution in [0.4, 0.5) is 27.6 Å². The van der Waals surface area contributed by atoms with E-state index in [0.717, 1.165) is 5.56 Å². The number of carbonyl (C=O) groups is 1. The van der Waals surface area contributed by atoms with Crippen LogP contribution in [0.25, 0.3) is 0 Å². The van der Waals surface area contributed by atoms with Crippen molar-refractivity contribution in [3.8, 4) is 0 Å². The van der Waals surface area contributed by atoms with Crippen LogP contribution in [0.2, 0.25) is 5.02 Å². The van der Waals surface area contributed by atoms with Crippen LogP contribution in [0.1, 0.15) is 18.5 Å². The molecule has 1 atom stereocenters. The number of rotatable bonds is 5. The molecule has 0 saturated carbocycles. The first kappa shape index (κ1) is 19.1. The van der Waals surface area contributed by atoms with Crippen LogP contribution in [0.15, 0.2) is 24.3 Å². The molecular weight excluding hydrogens is 367 g/mol. The lowest BCUT2D eigenvalue weighted by molar-refractivity contribution is -0.682. The first-order valence-electron chi connectivity index (χ1n) is 7.13. The maximum absolute atomic E-state index is 13.5. The molecule has 0 spiro atoms. The SMILES string of the molecule is C[C@@H]([NH2+]CC(=O)Nc1c(F)c(F)c(F)c(F)c1F)c1ccccc1Cl. The molecule has 1 amide bonds. The summed E-state index contributed by atoms with van der Waals surface area (Å²) in [5.41, 5.74) is -0.645. The fourth-order valence-corrected chi connectivity index (χ4v) is 2.47. The molecule has 0 saturated heterocycles. The molecule has 0 unspecified atom stereocenters. The molecule has 134 valence electrons. The zero-order chi connectivity index (χ0) is 18.7. The van der Waals surface area contributed by atoms with Crippen LogP contribution in [0.5, 0.6) is 0 Å². The number of halogens is 6. The average molecular weight is 380 g/mol. The van der Waals surface area contributed by atoms with Crippen LogP contribution < -0.4 is 10.6 Å². The van der Waals surface area contributed by atoms with Crippen LogP contribution in [0, 0.1) is 29.1 Å². The van der Waals surface area contributed by atoms with Gasteiger partial charge in [0, 0.05) is 10.6 Å². The van der Waals surface area contributed by atoms with E-state index in [4.69, 9.17) is 11.6 Å². The Hall–Kier alpha value is -2.19. The number of amides is 1. The Bertz CT molecular complexity index is 786. The van der Waals surface area contributed by atoms with Crippen molar-refractivity contribution >= 4 is 23.2 Å². The van der Waals surface area contributed by atoms with E-state index in [0.29, 0.717) is 5.02 Å². The van der Waals surface area contributed by atoms with Gasteiger partial charge in [0.1, 0.15) is 11.7 Å². The molecule has 2 aromatic rings. The molecule has 3 N–H and O–H groups in total. The number of nitrogens with two attached hydrogens (primary N) is 1. The summed E-state index contributed by atoms with van der Waals surface area (Å²) in [5, 5.41) is 3.69. The Labute approximate surface area is 144 Å². The zero-order valence-electron chi connectivity index (χ0n) is 12.8. The van der Waals surface area contributed by atoms with E-state index in [9.17, 15) is 26.7 Å². The van der Waals surface area contributed by atoms with E-state index in [-0.39, 0.29) is 12.6 Å². The quantitative estimate of drug-likeness (QED) is 0.467. The van der Waals surface area contributed by atoms with E-state index < -0.39 is 40.7 Å². The van der Waals surface area contributed by atoms with Gasteiger partial charge in [0.15, 0.2) is 29.8 Å². The van der Waals surface area contributed by atoms with Crippen molar-refractivity contribution in [2.75, 3.05) is 11.9 Å². The van der Waals surface area contributed by atoms with Gasteiger partial charge in [0.25, 0.3) is 5.91 Å². The van der Waals surface area contributed by atoms with E-state index >= 15 is 0 Å². The molecular formula is C16H13ClF5N2O+. The number of hydrogen-bond acceptors (Lipinski definition) is 1. The second kappa shape index (κ2) is 7.79. The molecule has 0 aliphatic heterocycles. The summed E-state index contributed by atoms with van der Waals surface area (Å²) in [7, 11) is 0. The lowest BCUT2D eigenvalue weighted by Crippen LogP contribution is -2.86. The van der Waals surface area contributed by atoms with Gasteiger partial charge in [-0.3, -0.25) is 4.79 Å². The highest BCUT2D eigenvalue weighted by Gasteiger charge is 2.27. The van der Waals surface area contributed by atoms with Gasteiger partial charge in [0.2, 0.25) is 5.82 Å². The summed E-state index contributed by atoms with van der Waals surface area (Å²) in [6.45, 7) is 1.43. The third kappa shape index (κ3) is 4.08. The van der Waals surface area contributed by atoms with Gasteiger partial charge in [-0.1, -0.05) is 29.8 Å². The summed E-state index contributed by atoms with van der Waals surface area (Å²) in [5.74, 6) is -11.6. The maximum Gasteiger partial charge on any atom is 0.279 e. The summed E-state index contributed by atoms with van der Waals surface area (Å²) in [6.07, 6.45) is 0. The highest BCUT2D eigenvalue weighted by molar-refractivity contribution is 6.31.